The van der Waals surface area contributed by atoms with Crippen LogP contribution in [0.3, 0.4) is 0 Å². The third-order valence-corrected chi connectivity index (χ3v) is 3.60. The highest BCUT2D eigenvalue weighted by Gasteiger charge is 2.25. The molecule has 1 aromatic carbocycles. The molecule has 0 saturated carbocycles. The van der Waals surface area contributed by atoms with Crippen molar-refractivity contribution in [3.63, 3.8) is 0 Å². The van der Waals surface area contributed by atoms with Crippen LogP contribution in [0.25, 0.3) is 0 Å². The maximum absolute atomic E-state index is 12.1. The minimum atomic E-state index is -0.846. The van der Waals surface area contributed by atoms with Gasteiger partial charge in [-0.15, -0.1) is 0 Å². The number of urea groups is 1. The van der Waals surface area contributed by atoms with Gasteiger partial charge in [0.2, 0.25) is 0 Å². The van der Waals surface area contributed by atoms with E-state index in [9.17, 15) is 14.4 Å². The number of aryl methyl sites for hydroxylation is 1. The van der Waals surface area contributed by atoms with E-state index in [1.54, 1.807) is 26.0 Å². The monoisotopic (exact) mass is 362 g/mol. The molecule has 0 aliphatic carbocycles. The summed E-state index contributed by atoms with van der Waals surface area (Å²) < 4.78 is 15.6. The van der Waals surface area contributed by atoms with Gasteiger partial charge in [0.1, 0.15) is 12.4 Å². The van der Waals surface area contributed by atoms with Gasteiger partial charge in [0.15, 0.2) is 6.10 Å². The van der Waals surface area contributed by atoms with Crippen molar-refractivity contribution < 1.29 is 28.6 Å². The molecule has 0 radical (unpaired) electrons. The van der Waals surface area contributed by atoms with Crippen molar-refractivity contribution in [3.05, 3.63) is 41.1 Å². The predicted molar refractivity (Wildman–Crippen MR) is 92.4 cm³/mol. The fraction of sp³-hybridized carbons (Fsp3) is 0.389. The predicted octanol–water partition coefficient (Wildman–Crippen LogP) is 1.44. The lowest BCUT2D eigenvalue weighted by Crippen LogP contribution is -2.45. The molecule has 1 aliphatic rings. The summed E-state index contributed by atoms with van der Waals surface area (Å²) in [6.45, 7) is 5.13. The van der Waals surface area contributed by atoms with Crippen LogP contribution in [0, 0.1) is 6.92 Å². The van der Waals surface area contributed by atoms with Crippen LogP contribution in [0.15, 0.2) is 35.5 Å². The van der Waals surface area contributed by atoms with Crippen LogP contribution in [0.4, 0.5) is 4.79 Å². The molecule has 2 amide bonds. The van der Waals surface area contributed by atoms with E-state index in [1.807, 2.05) is 19.1 Å². The first-order chi connectivity index (χ1) is 12.4. The van der Waals surface area contributed by atoms with Gasteiger partial charge in [-0.3, -0.25) is 0 Å². The van der Waals surface area contributed by atoms with Gasteiger partial charge in [-0.1, -0.05) is 17.7 Å². The number of esters is 2. The molecular formula is C18H22N2O6. The molecule has 8 nitrogen and oxygen atoms in total. The molecule has 0 aromatic heterocycles. The summed E-state index contributed by atoms with van der Waals surface area (Å²) in [5.41, 5.74) is 1.49. The van der Waals surface area contributed by atoms with E-state index >= 15 is 0 Å². The molecule has 1 atom stereocenters. The number of hydrogen-bond acceptors (Lipinski definition) is 6. The second-order valence-electron chi connectivity index (χ2n) is 5.67. The van der Waals surface area contributed by atoms with E-state index in [2.05, 4.69) is 10.6 Å². The van der Waals surface area contributed by atoms with Gasteiger partial charge in [0.05, 0.1) is 24.4 Å². The Bertz CT molecular complexity index is 711. The first-order valence-corrected chi connectivity index (χ1v) is 8.24. The summed E-state index contributed by atoms with van der Waals surface area (Å²) >= 11 is 0. The zero-order chi connectivity index (χ0) is 19.1. The van der Waals surface area contributed by atoms with E-state index in [4.69, 9.17) is 14.2 Å². The maximum atomic E-state index is 12.1. The fourth-order valence-electron chi connectivity index (χ4n) is 2.20. The Morgan fingerprint density at radius 3 is 2.54 bits per heavy atom. The summed E-state index contributed by atoms with van der Waals surface area (Å²) in [6, 6.07) is 6.78. The van der Waals surface area contributed by atoms with E-state index < -0.39 is 24.1 Å². The SMILES string of the molecule is CCOC(=O)C1=C(COC(=O)C(C)Oc2ccc(C)cc2)NC(=O)NC1. The molecule has 2 rings (SSSR count). The molecule has 0 spiro atoms. The van der Waals surface area contributed by atoms with Crippen LogP contribution in [-0.2, 0) is 19.1 Å². The van der Waals surface area contributed by atoms with Crippen molar-refractivity contribution in [1.82, 2.24) is 10.6 Å². The van der Waals surface area contributed by atoms with Crippen molar-refractivity contribution in [2.24, 2.45) is 0 Å². The molecular weight excluding hydrogens is 340 g/mol. The van der Waals surface area contributed by atoms with Crippen molar-refractivity contribution >= 4 is 18.0 Å². The molecule has 140 valence electrons. The zero-order valence-corrected chi connectivity index (χ0v) is 15.0. The minimum Gasteiger partial charge on any atom is -0.479 e. The number of benzene rings is 1. The van der Waals surface area contributed by atoms with Gasteiger partial charge in [-0.25, -0.2) is 14.4 Å². The molecule has 8 heteroatoms. The molecule has 0 saturated heterocycles. The Morgan fingerprint density at radius 1 is 1.19 bits per heavy atom. The lowest BCUT2D eigenvalue weighted by atomic mass is 10.1. The minimum absolute atomic E-state index is 0.00692. The quantitative estimate of drug-likeness (QED) is 0.712. The fourth-order valence-corrected chi connectivity index (χ4v) is 2.20. The van der Waals surface area contributed by atoms with Crippen LogP contribution in [-0.4, -0.2) is 43.8 Å². The Balaban J connectivity index is 1.97. The van der Waals surface area contributed by atoms with Crippen LogP contribution >= 0.6 is 0 Å². The van der Waals surface area contributed by atoms with Gasteiger partial charge >= 0.3 is 18.0 Å². The summed E-state index contributed by atoms with van der Waals surface area (Å²) in [5, 5.41) is 4.94. The lowest BCUT2D eigenvalue weighted by Gasteiger charge is -2.21. The Kier molecular flexibility index (Phi) is 6.60. The van der Waals surface area contributed by atoms with Gasteiger partial charge in [0, 0.05) is 0 Å². The van der Waals surface area contributed by atoms with Crippen molar-refractivity contribution in [2.75, 3.05) is 19.8 Å². The number of carbonyl (C=O) groups excluding carboxylic acids is 3. The first kappa shape index (κ1) is 19.3. The summed E-state index contributed by atoms with van der Waals surface area (Å²) in [7, 11) is 0. The van der Waals surface area contributed by atoms with Gasteiger partial charge in [0.25, 0.3) is 0 Å². The number of amides is 2. The summed E-state index contributed by atoms with van der Waals surface area (Å²) in [5.74, 6) is -0.647. The van der Waals surface area contributed by atoms with E-state index in [1.165, 1.54) is 0 Å². The highest BCUT2D eigenvalue weighted by atomic mass is 16.6. The lowest BCUT2D eigenvalue weighted by molar-refractivity contribution is -0.150. The first-order valence-electron chi connectivity index (χ1n) is 8.24. The van der Waals surface area contributed by atoms with Gasteiger partial charge in [-0.05, 0) is 32.9 Å². The topological polar surface area (TPSA) is 103 Å². The van der Waals surface area contributed by atoms with Crippen LogP contribution in [0.5, 0.6) is 5.75 Å². The summed E-state index contributed by atoms with van der Waals surface area (Å²) in [4.78, 5) is 35.5. The normalized spacial score (nSPS) is 14.8. The number of carbonyl (C=O) groups is 3. The number of hydrogen-bond donors (Lipinski definition) is 2. The second kappa shape index (κ2) is 8.89. The molecule has 1 unspecified atom stereocenters. The smallest absolute Gasteiger partial charge is 0.347 e. The molecule has 1 aliphatic heterocycles. The van der Waals surface area contributed by atoms with Crippen LogP contribution < -0.4 is 15.4 Å². The van der Waals surface area contributed by atoms with Gasteiger partial charge < -0.3 is 24.8 Å². The van der Waals surface area contributed by atoms with E-state index in [0.29, 0.717) is 5.75 Å². The van der Waals surface area contributed by atoms with Gasteiger partial charge in [-0.2, -0.15) is 0 Å². The summed E-state index contributed by atoms with van der Waals surface area (Å²) in [6.07, 6.45) is -0.846. The zero-order valence-electron chi connectivity index (χ0n) is 15.0. The molecule has 0 bridgehead atoms. The third kappa shape index (κ3) is 5.23. The average Bonchev–Trinajstić information content (AvgIpc) is 2.61. The number of ether oxygens (including phenoxy) is 3. The molecule has 26 heavy (non-hydrogen) atoms. The van der Waals surface area contributed by atoms with Crippen molar-refractivity contribution in [2.45, 2.75) is 26.9 Å². The number of nitrogens with one attached hydrogen (secondary N) is 2. The van der Waals surface area contributed by atoms with E-state index in [-0.39, 0.29) is 31.0 Å². The standard InChI is InChI=1S/C18H22N2O6/c1-4-24-17(22)14-9-19-18(23)20-15(14)10-25-16(21)12(3)26-13-7-5-11(2)6-8-13/h5-8,12H,4,9-10H2,1-3H3,(H2,19,20,23). The Hall–Kier alpha value is -3.03. The largest absolute Gasteiger partial charge is 0.479 e. The average molecular weight is 362 g/mol. The van der Waals surface area contributed by atoms with Crippen molar-refractivity contribution in [1.29, 1.82) is 0 Å². The molecule has 1 aromatic rings. The molecule has 1 heterocycles. The van der Waals surface area contributed by atoms with E-state index in [0.717, 1.165) is 5.56 Å². The molecule has 2 N–H and O–H groups in total. The third-order valence-electron chi connectivity index (χ3n) is 3.60. The Morgan fingerprint density at radius 2 is 1.88 bits per heavy atom. The van der Waals surface area contributed by atoms with Crippen molar-refractivity contribution in [3.8, 4) is 5.75 Å². The number of rotatable bonds is 7. The second-order valence-corrected chi connectivity index (χ2v) is 5.67. The highest BCUT2D eigenvalue weighted by molar-refractivity contribution is 5.93. The Labute approximate surface area is 151 Å². The van der Waals surface area contributed by atoms with Crippen LogP contribution in [0.2, 0.25) is 0 Å². The highest BCUT2D eigenvalue weighted by Crippen LogP contribution is 2.14. The van der Waals surface area contributed by atoms with Crippen LogP contribution in [0.1, 0.15) is 19.4 Å². The maximum Gasteiger partial charge on any atom is 0.347 e. The molecule has 0 fully saturated rings.